The number of rotatable bonds is 2. The summed E-state index contributed by atoms with van der Waals surface area (Å²) >= 11 is 0. The number of benzene rings is 1. The van der Waals surface area contributed by atoms with Crippen molar-refractivity contribution >= 4 is 12.2 Å². The fourth-order valence-electron chi connectivity index (χ4n) is 2.52. The SMILES string of the molecule is O=CC1CCCN(C(=O)c2ccc3c(c2)OCO3)C1. The van der Waals surface area contributed by atoms with E-state index in [1.54, 1.807) is 23.1 Å². The van der Waals surface area contributed by atoms with E-state index in [9.17, 15) is 9.59 Å². The van der Waals surface area contributed by atoms with Crippen LogP contribution in [-0.4, -0.2) is 37.0 Å². The van der Waals surface area contributed by atoms with Gasteiger partial charge in [0.2, 0.25) is 6.79 Å². The van der Waals surface area contributed by atoms with Crippen molar-refractivity contribution in [1.82, 2.24) is 4.90 Å². The van der Waals surface area contributed by atoms with Crippen molar-refractivity contribution in [1.29, 1.82) is 0 Å². The van der Waals surface area contributed by atoms with Gasteiger partial charge < -0.3 is 19.2 Å². The molecule has 2 aliphatic rings. The van der Waals surface area contributed by atoms with E-state index in [0.29, 0.717) is 30.2 Å². The monoisotopic (exact) mass is 261 g/mol. The van der Waals surface area contributed by atoms with E-state index >= 15 is 0 Å². The van der Waals surface area contributed by atoms with Crippen LogP contribution in [0.5, 0.6) is 11.5 Å². The lowest BCUT2D eigenvalue weighted by Crippen LogP contribution is -2.40. The topological polar surface area (TPSA) is 55.8 Å². The van der Waals surface area contributed by atoms with Crippen LogP contribution in [0.3, 0.4) is 0 Å². The maximum absolute atomic E-state index is 12.4. The summed E-state index contributed by atoms with van der Waals surface area (Å²) in [6.07, 6.45) is 2.69. The van der Waals surface area contributed by atoms with Crippen molar-refractivity contribution < 1.29 is 19.1 Å². The molecule has 2 aliphatic heterocycles. The minimum Gasteiger partial charge on any atom is -0.454 e. The molecule has 0 aliphatic carbocycles. The third-order valence-corrected chi connectivity index (χ3v) is 3.56. The molecule has 3 rings (SSSR count). The van der Waals surface area contributed by atoms with Gasteiger partial charge in [-0.05, 0) is 31.0 Å². The van der Waals surface area contributed by atoms with Crippen molar-refractivity contribution in [2.24, 2.45) is 5.92 Å². The Hall–Kier alpha value is -2.04. The second-order valence-electron chi connectivity index (χ2n) is 4.86. The lowest BCUT2D eigenvalue weighted by atomic mass is 9.99. The normalized spacial score (nSPS) is 21.3. The molecule has 0 N–H and O–H groups in total. The van der Waals surface area contributed by atoms with Gasteiger partial charge in [0.15, 0.2) is 11.5 Å². The molecule has 0 spiro atoms. The summed E-state index contributed by atoms with van der Waals surface area (Å²) in [5.74, 6) is 1.19. The Morgan fingerprint density at radius 2 is 2.16 bits per heavy atom. The molecular weight excluding hydrogens is 246 g/mol. The summed E-state index contributed by atoms with van der Waals surface area (Å²) in [4.78, 5) is 25.0. The molecule has 1 unspecified atom stereocenters. The summed E-state index contributed by atoms with van der Waals surface area (Å²) in [7, 11) is 0. The summed E-state index contributed by atoms with van der Waals surface area (Å²) in [5.41, 5.74) is 0.579. The van der Waals surface area contributed by atoms with Crippen LogP contribution in [0.4, 0.5) is 0 Å². The molecule has 0 aromatic heterocycles. The van der Waals surface area contributed by atoms with Crippen molar-refractivity contribution in [3.63, 3.8) is 0 Å². The van der Waals surface area contributed by atoms with Gasteiger partial charge in [-0.15, -0.1) is 0 Å². The van der Waals surface area contributed by atoms with Crippen LogP contribution >= 0.6 is 0 Å². The van der Waals surface area contributed by atoms with E-state index in [0.717, 1.165) is 19.1 Å². The smallest absolute Gasteiger partial charge is 0.254 e. The molecule has 1 aromatic rings. The zero-order valence-corrected chi connectivity index (χ0v) is 10.5. The highest BCUT2D eigenvalue weighted by Crippen LogP contribution is 2.33. The first-order chi connectivity index (χ1) is 9.28. The molecule has 1 saturated heterocycles. The largest absolute Gasteiger partial charge is 0.454 e. The minimum atomic E-state index is -0.0511. The highest BCUT2D eigenvalue weighted by atomic mass is 16.7. The Kier molecular flexibility index (Phi) is 3.11. The van der Waals surface area contributed by atoms with Crippen molar-refractivity contribution in [3.8, 4) is 11.5 Å². The van der Waals surface area contributed by atoms with E-state index in [1.807, 2.05) is 0 Å². The summed E-state index contributed by atoms with van der Waals surface area (Å²) < 4.78 is 10.5. The maximum Gasteiger partial charge on any atom is 0.254 e. The van der Waals surface area contributed by atoms with Gasteiger partial charge in [-0.2, -0.15) is 0 Å². The third-order valence-electron chi connectivity index (χ3n) is 3.56. The molecule has 100 valence electrons. The molecule has 0 saturated carbocycles. The standard InChI is InChI=1S/C14H15NO4/c16-8-10-2-1-5-15(7-10)14(17)11-3-4-12-13(6-11)19-9-18-12/h3-4,6,8,10H,1-2,5,7,9H2. The van der Waals surface area contributed by atoms with Gasteiger partial charge in [-0.25, -0.2) is 0 Å². The Morgan fingerprint density at radius 1 is 1.32 bits per heavy atom. The number of fused-ring (bicyclic) bond motifs is 1. The first-order valence-corrected chi connectivity index (χ1v) is 6.42. The Bertz CT molecular complexity index is 514. The van der Waals surface area contributed by atoms with Gasteiger partial charge in [0.1, 0.15) is 6.29 Å². The predicted molar refractivity (Wildman–Crippen MR) is 67.3 cm³/mol. The Morgan fingerprint density at radius 3 is 3.00 bits per heavy atom. The van der Waals surface area contributed by atoms with Crippen molar-refractivity contribution in [3.05, 3.63) is 23.8 Å². The van der Waals surface area contributed by atoms with Crippen LogP contribution < -0.4 is 9.47 Å². The van der Waals surface area contributed by atoms with E-state index in [1.165, 1.54) is 0 Å². The Labute approximate surface area is 111 Å². The van der Waals surface area contributed by atoms with Crippen LogP contribution in [0.1, 0.15) is 23.2 Å². The molecule has 1 aromatic carbocycles. The highest BCUT2D eigenvalue weighted by Gasteiger charge is 2.25. The number of carbonyl (C=O) groups is 2. The number of aldehydes is 1. The van der Waals surface area contributed by atoms with E-state index in [2.05, 4.69) is 0 Å². The van der Waals surface area contributed by atoms with Crippen molar-refractivity contribution in [2.45, 2.75) is 12.8 Å². The maximum atomic E-state index is 12.4. The molecule has 2 heterocycles. The molecule has 19 heavy (non-hydrogen) atoms. The molecule has 0 bridgehead atoms. The lowest BCUT2D eigenvalue weighted by molar-refractivity contribution is -0.112. The van der Waals surface area contributed by atoms with Gasteiger partial charge in [-0.3, -0.25) is 4.79 Å². The van der Waals surface area contributed by atoms with Gasteiger partial charge in [0, 0.05) is 24.6 Å². The van der Waals surface area contributed by atoms with Gasteiger partial charge in [-0.1, -0.05) is 0 Å². The Balaban J connectivity index is 1.78. The quantitative estimate of drug-likeness (QED) is 0.756. The van der Waals surface area contributed by atoms with E-state index in [-0.39, 0.29) is 18.6 Å². The molecule has 5 heteroatoms. The number of amides is 1. The average Bonchev–Trinajstić information content (AvgIpc) is 2.94. The fraction of sp³-hybridized carbons (Fsp3) is 0.429. The predicted octanol–water partition coefficient (Wildman–Crippen LogP) is 1.47. The molecule has 1 atom stereocenters. The summed E-state index contributed by atoms with van der Waals surface area (Å²) in [6.45, 7) is 1.41. The van der Waals surface area contributed by atoms with Gasteiger partial charge >= 0.3 is 0 Å². The van der Waals surface area contributed by atoms with Gasteiger partial charge in [0.05, 0.1) is 0 Å². The second-order valence-corrected chi connectivity index (χ2v) is 4.86. The zero-order chi connectivity index (χ0) is 13.2. The number of nitrogens with zero attached hydrogens (tertiary/aromatic N) is 1. The second kappa shape index (κ2) is 4.91. The number of likely N-dealkylation sites (tertiary alicyclic amines) is 1. The summed E-state index contributed by atoms with van der Waals surface area (Å²) in [6, 6.07) is 5.19. The van der Waals surface area contributed by atoms with Crippen LogP contribution in [0.2, 0.25) is 0 Å². The van der Waals surface area contributed by atoms with Crippen LogP contribution in [-0.2, 0) is 4.79 Å². The van der Waals surface area contributed by atoms with E-state index in [4.69, 9.17) is 9.47 Å². The first-order valence-electron chi connectivity index (χ1n) is 6.42. The average molecular weight is 261 g/mol. The number of carbonyl (C=O) groups excluding carboxylic acids is 2. The van der Waals surface area contributed by atoms with Gasteiger partial charge in [0.25, 0.3) is 5.91 Å². The molecule has 1 amide bonds. The third kappa shape index (κ3) is 2.28. The molecule has 0 radical (unpaired) electrons. The molecule has 1 fully saturated rings. The number of hydrogen-bond donors (Lipinski definition) is 0. The number of piperidine rings is 1. The van der Waals surface area contributed by atoms with E-state index < -0.39 is 0 Å². The van der Waals surface area contributed by atoms with Crippen LogP contribution in [0.25, 0.3) is 0 Å². The zero-order valence-electron chi connectivity index (χ0n) is 10.5. The molecular formula is C14H15NO4. The van der Waals surface area contributed by atoms with Crippen LogP contribution in [0, 0.1) is 5.92 Å². The first kappa shape index (κ1) is 12.0. The fourth-order valence-corrected chi connectivity index (χ4v) is 2.52. The van der Waals surface area contributed by atoms with Crippen LogP contribution in [0.15, 0.2) is 18.2 Å². The minimum absolute atomic E-state index is 0.0355. The number of hydrogen-bond acceptors (Lipinski definition) is 4. The summed E-state index contributed by atoms with van der Waals surface area (Å²) in [5, 5.41) is 0. The van der Waals surface area contributed by atoms with Crippen molar-refractivity contribution in [2.75, 3.05) is 19.9 Å². The highest BCUT2D eigenvalue weighted by molar-refractivity contribution is 5.95. The number of ether oxygens (including phenoxy) is 2. The molecule has 5 nitrogen and oxygen atoms in total. The lowest BCUT2D eigenvalue weighted by Gasteiger charge is -2.30.